The van der Waals surface area contributed by atoms with Gasteiger partial charge in [-0.1, -0.05) is 11.6 Å². The number of rotatable bonds is 4. The van der Waals surface area contributed by atoms with Crippen LogP contribution in [0.2, 0.25) is 5.02 Å². The van der Waals surface area contributed by atoms with Gasteiger partial charge in [0.2, 0.25) is 5.91 Å². The first kappa shape index (κ1) is 15.6. The first-order valence-electron chi connectivity index (χ1n) is 6.62. The Kier molecular flexibility index (Phi) is 5.69. The molecule has 0 spiro atoms. The topological polar surface area (TPSA) is 50.4 Å². The summed E-state index contributed by atoms with van der Waals surface area (Å²) in [6.45, 7) is 2.27. The molecule has 20 heavy (non-hydrogen) atoms. The number of carbonyl (C=O) groups excluding carboxylic acids is 1. The van der Waals surface area contributed by atoms with E-state index in [4.69, 9.17) is 16.3 Å². The van der Waals surface area contributed by atoms with Crippen LogP contribution in [0.4, 0.5) is 0 Å². The van der Waals surface area contributed by atoms with E-state index in [-0.39, 0.29) is 11.8 Å². The predicted molar refractivity (Wildman–Crippen MR) is 83.1 cm³/mol. The van der Waals surface area contributed by atoms with Crippen molar-refractivity contribution < 1.29 is 9.53 Å². The van der Waals surface area contributed by atoms with Gasteiger partial charge in [-0.05, 0) is 47.9 Å². The molecule has 1 heterocycles. The van der Waals surface area contributed by atoms with Crippen LogP contribution in [0.1, 0.15) is 18.4 Å². The highest BCUT2D eigenvalue weighted by molar-refractivity contribution is 9.10. The van der Waals surface area contributed by atoms with Crippen LogP contribution in [-0.2, 0) is 11.3 Å². The standard InChI is InChI=1S/C14H18BrClN2O2/c1-20-13-7-12(16)11(15)6-10(13)8-18-14(19)9-2-4-17-5-3-9/h6-7,9,17H,2-5,8H2,1H3,(H,18,19). The number of nitrogens with one attached hydrogen (secondary N) is 2. The summed E-state index contributed by atoms with van der Waals surface area (Å²) in [5.74, 6) is 0.904. The van der Waals surface area contributed by atoms with Crippen molar-refractivity contribution >= 4 is 33.4 Å². The largest absolute Gasteiger partial charge is 0.496 e. The first-order valence-corrected chi connectivity index (χ1v) is 7.79. The zero-order chi connectivity index (χ0) is 14.5. The minimum atomic E-state index is 0.109. The summed E-state index contributed by atoms with van der Waals surface area (Å²) in [7, 11) is 1.59. The summed E-state index contributed by atoms with van der Waals surface area (Å²) in [6, 6.07) is 3.63. The molecule has 0 unspecified atom stereocenters. The Hall–Kier alpha value is -0.780. The van der Waals surface area contributed by atoms with Crippen molar-refractivity contribution in [2.45, 2.75) is 19.4 Å². The van der Waals surface area contributed by atoms with Crippen molar-refractivity contribution in [1.29, 1.82) is 0 Å². The molecule has 2 rings (SSSR count). The lowest BCUT2D eigenvalue weighted by atomic mass is 9.97. The van der Waals surface area contributed by atoms with Gasteiger partial charge in [-0.15, -0.1) is 0 Å². The minimum absolute atomic E-state index is 0.109. The molecule has 0 aromatic heterocycles. The third kappa shape index (κ3) is 3.87. The predicted octanol–water partition coefficient (Wildman–Crippen LogP) is 2.73. The Bertz CT molecular complexity index is 490. The molecule has 4 nitrogen and oxygen atoms in total. The van der Waals surface area contributed by atoms with Gasteiger partial charge < -0.3 is 15.4 Å². The molecule has 6 heteroatoms. The zero-order valence-electron chi connectivity index (χ0n) is 11.3. The fraction of sp³-hybridized carbons (Fsp3) is 0.500. The molecule has 1 aliphatic heterocycles. The Balaban J connectivity index is 1.99. The van der Waals surface area contributed by atoms with Gasteiger partial charge in [-0.3, -0.25) is 4.79 Å². The van der Waals surface area contributed by atoms with Crippen LogP contribution in [0.5, 0.6) is 5.75 Å². The second kappa shape index (κ2) is 7.29. The number of carbonyl (C=O) groups is 1. The molecule has 1 aromatic rings. The summed E-state index contributed by atoms with van der Waals surface area (Å²) in [5, 5.41) is 6.83. The maximum absolute atomic E-state index is 12.1. The molecule has 0 radical (unpaired) electrons. The molecule has 2 N–H and O–H groups in total. The molecule has 0 aliphatic carbocycles. The average Bonchev–Trinajstić information content (AvgIpc) is 2.48. The third-order valence-corrected chi connectivity index (χ3v) is 4.68. The lowest BCUT2D eigenvalue weighted by Crippen LogP contribution is -2.37. The highest BCUT2D eigenvalue weighted by atomic mass is 79.9. The fourth-order valence-corrected chi connectivity index (χ4v) is 2.85. The van der Waals surface area contributed by atoms with E-state index in [1.54, 1.807) is 13.2 Å². The molecule has 1 aliphatic rings. The van der Waals surface area contributed by atoms with Crippen LogP contribution in [0.15, 0.2) is 16.6 Å². The average molecular weight is 362 g/mol. The van der Waals surface area contributed by atoms with Gasteiger partial charge >= 0.3 is 0 Å². The molecule has 1 saturated heterocycles. The molecule has 0 atom stereocenters. The van der Waals surface area contributed by atoms with Gasteiger partial charge in [0.15, 0.2) is 0 Å². The molecule has 1 aromatic carbocycles. The number of piperidine rings is 1. The van der Waals surface area contributed by atoms with Crippen molar-refractivity contribution in [2.75, 3.05) is 20.2 Å². The van der Waals surface area contributed by atoms with Crippen LogP contribution in [0.3, 0.4) is 0 Å². The Morgan fingerprint density at radius 1 is 1.50 bits per heavy atom. The summed E-state index contributed by atoms with van der Waals surface area (Å²) >= 11 is 9.41. The van der Waals surface area contributed by atoms with Crippen LogP contribution in [0.25, 0.3) is 0 Å². The number of benzene rings is 1. The summed E-state index contributed by atoms with van der Waals surface area (Å²) in [4.78, 5) is 12.1. The lowest BCUT2D eigenvalue weighted by molar-refractivity contribution is -0.125. The quantitative estimate of drug-likeness (QED) is 0.867. The molecule has 1 fully saturated rings. The van der Waals surface area contributed by atoms with E-state index >= 15 is 0 Å². The minimum Gasteiger partial charge on any atom is -0.496 e. The first-order chi connectivity index (χ1) is 9.61. The highest BCUT2D eigenvalue weighted by Crippen LogP contribution is 2.30. The third-order valence-electron chi connectivity index (χ3n) is 3.49. The molecule has 0 saturated carbocycles. The number of halogens is 2. The van der Waals surface area contributed by atoms with Crippen LogP contribution >= 0.6 is 27.5 Å². The van der Waals surface area contributed by atoms with Crippen molar-refractivity contribution in [3.8, 4) is 5.75 Å². The van der Waals surface area contributed by atoms with E-state index in [0.717, 1.165) is 36.0 Å². The number of ether oxygens (including phenoxy) is 1. The maximum Gasteiger partial charge on any atom is 0.223 e. The molecular weight excluding hydrogens is 344 g/mol. The van der Waals surface area contributed by atoms with Gasteiger partial charge in [0.25, 0.3) is 0 Å². The Morgan fingerprint density at radius 3 is 2.85 bits per heavy atom. The smallest absolute Gasteiger partial charge is 0.223 e. The molecule has 0 bridgehead atoms. The summed E-state index contributed by atoms with van der Waals surface area (Å²) in [5.41, 5.74) is 0.908. The number of hydrogen-bond donors (Lipinski definition) is 2. The van der Waals surface area contributed by atoms with E-state index in [2.05, 4.69) is 26.6 Å². The van der Waals surface area contributed by atoms with Crippen molar-refractivity contribution in [1.82, 2.24) is 10.6 Å². The normalized spacial score (nSPS) is 15.9. The summed E-state index contributed by atoms with van der Waals surface area (Å²) < 4.78 is 6.09. The highest BCUT2D eigenvalue weighted by Gasteiger charge is 2.20. The molecule has 110 valence electrons. The van der Waals surface area contributed by atoms with Crippen LogP contribution in [0, 0.1) is 5.92 Å². The van der Waals surface area contributed by atoms with Crippen LogP contribution < -0.4 is 15.4 Å². The molecule has 1 amide bonds. The van der Waals surface area contributed by atoms with Crippen molar-refractivity contribution in [3.63, 3.8) is 0 Å². The van der Waals surface area contributed by atoms with Gasteiger partial charge in [0.05, 0.1) is 12.1 Å². The Labute approximate surface area is 132 Å². The van der Waals surface area contributed by atoms with Gasteiger partial charge in [0.1, 0.15) is 5.75 Å². The number of amides is 1. The SMILES string of the molecule is COc1cc(Cl)c(Br)cc1CNC(=O)C1CCNCC1. The number of hydrogen-bond acceptors (Lipinski definition) is 3. The fourth-order valence-electron chi connectivity index (χ4n) is 2.31. The number of methoxy groups -OCH3 is 1. The van der Waals surface area contributed by atoms with E-state index in [9.17, 15) is 4.79 Å². The van der Waals surface area contributed by atoms with E-state index in [1.807, 2.05) is 6.07 Å². The van der Waals surface area contributed by atoms with Gasteiger partial charge in [0, 0.05) is 28.6 Å². The second-order valence-corrected chi connectivity index (χ2v) is 6.08. The van der Waals surface area contributed by atoms with Crippen molar-refractivity contribution in [3.05, 3.63) is 27.2 Å². The van der Waals surface area contributed by atoms with Gasteiger partial charge in [-0.2, -0.15) is 0 Å². The molecular formula is C14H18BrClN2O2. The Morgan fingerprint density at radius 2 is 2.20 bits per heavy atom. The zero-order valence-corrected chi connectivity index (χ0v) is 13.7. The summed E-state index contributed by atoms with van der Waals surface area (Å²) in [6.07, 6.45) is 1.79. The lowest BCUT2D eigenvalue weighted by Gasteiger charge is -2.22. The second-order valence-electron chi connectivity index (χ2n) is 4.82. The van der Waals surface area contributed by atoms with Crippen LogP contribution in [-0.4, -0.2) is 26.1 Å². The van der Waals surface area contributed by atoms with E-state index in [1.165, 1.54) is 0 Å². The van der Waals surface area contributed by atoms with E-state index in [0.29, 0.717) is 17.3 Å². The maximum atomic E-state index is 12.1. The monoisotopic (exact) mass is 360 g/mol. The van der Waals surface area contributed by atoms with Gasteiger partial charge in [-0.25, -0.2) is 0 Å². The van der Waals surface area contributed by atoms with E-state index < -0.39 is 0 Å². The van der Waals surface area contributed by atoms with Crippen molar-refractivity contribution in [2.24, 2.45) is 5.92 Å².